The quantitative estimate of drug-likeness (QED) is 0.623. The highest BCUT2D eigenvalue weighted by molar-refractivity contribution is 5.63. The maximum atomic E-state index is 14.1. The van der Waals surface area contributed by atoms with Crippen LogP contribution in [0.3, 0.4) is 0 Å². The van der Waals surface area contributed by atoms with Crippen LogP contribution in [0, 0.1) is 17.7 Å². The molecule has 5 nitrogen and oxygen atoms in total. The molecular weight excluding hydrogens is 381 g/mol. The van der Waals surface area contributed by atoms with E-state index in [-0.39, 0.29) is 11.3 Å². The number of anilines is 1. The van der Waals surface area contributed by atoms with Crippen LogP contribution in [0.5, 0.6) is 5.75 Å². The number of halogens is 1. The molecule has 30 heavy (non-hydrogen) atoms. The van der Waals surface area contributed by atoms with Crippen molar-refractivity contribution in [1.82, 2.24) is 9.38 Å². The third-order valence-corrected chi connectivity index (χ3v) is 6.62. The average Bonchev–Trinajstić information content (AvgIpc) is 2.74. The van der Waals surface area contributed by atoms with Crippen LogP contribution < -0.4 is 15.2 Å². The van der Waals surface area contributed by atoms with Crippen molar-refractivity contribution in [3.05, 3.63) is 58.8 Å². The van der Waals surface area contributed by atoms with Gasteiger partial charge in [-0.3, -0.25) is 9.20 Å². The summed E-state index contributed by atoms with van der Waals surface area (Å²) in [7, 11) is 3.52. The Morgan fingerprint density at radius 1 is 1.13 bits per heavy atom. The molecule has 0 amide bonds. The summed E-state index contributed by atoms with van der Waals surface area (Å²) in [5.74, 6) is 1.14. The molecule has 3 atom stereocenters. The molecule has 0 spiro atoms. The van der Waals surface area contributed by atoms with E-state index in [2.05, 4.69) is 30.8 Å². The van der Waals surface area contributed by atoms with E-state index < -0.39 is 5.82 Å². The molecule has 1 aromatic carbocycles. The topological polar surface area (TPSA) is 46.8 Å². The van der Waals surface area contributed by atoms with Gasteiger partial charge in [0.15, 0.2) is 11.6 Å². The minimum absolute atomic E-state index is 0.162. The predicted molar refractivity (Wildman–Crippen MR) is 118 cm³/mol. The van der Waals surface area contributed by atoms with E-state index in [4.69, 9.17) is 4.74 Å². The zero-order valence-electron chi connectivity index (χ0n) is 17.9. The summed E-state index contributed by atoms with van der Waals surface area (Å²) in [4.78, 5) is 19.7. The Hall–Kier alpha value is -2.89. The van der Waals surface area contributed by atoms with Gasteiger partial charge in [0, 0.05) is 30.9 Å². The Kier molecular flexibility index (Phi) is 5.50. The molecule has 0 radical (unpaired) electrons. The van der Waals surface area contributed by atoms with E-state index >= 15 is 0 Å². The summed E-state index contributed by atoms with van der Waals surface area (Å²) >= 11 is 0. The van der Waals surface area contributed by atoms with Gasteiger partial charge in [-0.2, -0.15) is 0 Å². The van der Waals surface area contributed by atoms with Gasteiger partial charge in [-0.15, -0.1) is 0 Å². The molecule has 4 rings (SSSR count). The van der Waals surface area contributed by atoms with Crippen molar-refractivity contribution in [2.75, 3.05) is 19.1 Å². The Morgan fingerprint density at radius 2 is 1.93 bits per heavy atom. The van der Waals surface area contributed by atoms with Crippen molar-refractivity contribution in [2.24, 2.45) is 11.8 Å². The highest BCUT2D eigenvalue weighted by Crippen LogP contribution is 2.33. The lowest BCUT2D eigenvalue weighted by atomic mass is 9.78. The first-order chi connectivity index (χ1) is 14.4. The molecule has 2 heterocycles. The third-order valence-electron chi connectivity index (χ3n) is 6.62. The van der Waals surface area contributed by atoms with Crippen LogP contribution in [0.25, 0.3) is 16.9 Å². The van der Waals surface area contributed by atoms with Crippen LogP contribution in [0.15, 0.2) is 47.4 Å². The van der Waals surface area contributed by atoms with Gasteiger partial charge >= 0.3 is 0 Å². The number of aromatic nitrogens is 2. The number of nitrogens with zero attached hydrogens (tertiary/aromatic N) is 3. The summed E-state index contributed by atoms with van der Waals surface area (Å²) in [6.07, 6.45) is 5.40. The monoisotopic (exact) mass is 409 g/mol. The van der Waals surface area contributed by atoms with E-state index in [1.54, 1.807) is 10.5 Å². The second-order valence-electron chi connectivity index (χ2n) is 8.48. The van der Waals surface area contributed by atoms with Gasteiger partial charge in [0.1, 0.15) is 5.65 Å². The molecule has 0 aliphatic heterocycles. The number of ether oxygens (including phenoxy) is 1. The van der Waals surface area contributed by atoms with E-state index in [1.807, 2.05) is 18.3 Å². The normalized spacial score (nSPS) is 21.6. The molecule has 6 heteroatoms. The van der Waals surface area contributed by atoms with Crippen molar-refractivity contribution in [1.29, 1.82) is 0 Å². The molecule has 0 N–H and O–H groups in total. The predicted octanol–water partition coefficient (Wildman–Crippen LogP) is 4.77. The van der Waals surface area contributed by atoms with Gasteiger partial charge < -0.3 is 9.64 Å². The summed E-state index contributed by atoms with van der Waals surface area (Å²) < 4.78 is 20.6. The molecule has 1 saturated carbocycles. The van der Waals surface area contributed by atoms with Crippen LogP contribution in [-0.2, 0) is 0 Å². The number of hydrogen-bond donors (Lipinski definition) is 0. The Bertz CT molecular complexity index is 1130. The largest absolute Gasteiger partial charge is 0.494 e. The SMILES string of the molecule is COc1ccc(-c2cc(=O)n3cc(N(C)[C@@H]4CCC(C)C(C)C4)ccc3n2)cc1F. The van der Waals surface area contributed by atoms with Crippen LogP contribution in [0.4, 0.5) is 10.1 Å². The van der Waals surface area contributed by atoms with Crippen LogP contribution in [0.2, 0.25) is 0 Å². The third kappa shape index (κ3) is 3.78. The lowest BCUT2D eigenvalue weighted by molar-refractivity contribution is 0.247. The first-order valence-electron chi connectivity index (χ1n) is 10.5. The van der Waals surface area contributed by atoms with Crippen molar-refractivity contribution >= 4 is 11.3 Å². The zero-order valence-corrected chi connectivity index (χ0v) is 17.9. The fraction of sp³-hybridized carbons (Fsp3) is 0.417. The maximum Gasteiger partial charge on any atom is 0.258 e. The summed E-state index contributed by atoms with van der Waals surface area (Å²) in [5, 5.41) is 0. The molecule has 1 aliphatic carbocycles. The summed E-state index contributed by atoms with van der Waals surface area (Å²) in [5.41, 5.74) is 2.34. The number of benzene rings is 1. The second-order valence-corrected chi connectivity index (χ2v) is 8.48. The molecule has 1 fully saturated rings. The molecule has 158 valence electrons. The molecule has 0 saturated heterocycles. The first-order valence-corrected chi connectivity index (χ1v) is 10.5. The first kappa shape index (κ1) is 20.4. The van der Waals surface area contributed by atoms with Gasteiger partial charge in [0.25, 0.3) is 5.56 Å². The van der Waals surface area contributed by atoms with Crippen LogP contribution >= 0.6 is 0 Å². The zero-order chi connectivity index (χ0) is 21.4. The molecule has 1 aliphatic rings. The van der Waals surface area contributed by atoms with Crippen molar-refractivity contribution in [3.63, 3.8) is 0 Å². The highest BCUT2D eigenvalue weighted by atomic mass is 19.1. The summed E-state index contributed by atoms with van der Waals surface area (Å²) in [6, 6.07) is 10.4. The average molecular weight is 410 g/mol. The number of pyridine rings is 1. The van der Waals surface area contributed by atoms with E-state index in [0.29, 0.717) is 28.9 Å². The number of hydrogen-bond acceptors (Lipinski definition) is 4. The Balaban J connectivity index is 1.66. The van der Waals surface area contributed by atoms with Gasteiger partial charge in [0.2, 0.25) is 0 Å². The molecule has 2 aromatic heterocycles. The van der Waals surface area contributed by atoms with Crippen molar-refractivity contribution < 1.29 is 9.13 Å². The highest BCUT2D eigenvalue weighted by Gasteiger charge is 2.27. The minimum Gasteiger partial charge on any atom is -0.494 e. The van der Waals surface area contributed by atoms with Crippen molar-refractivity contribution in [3.8, 4) is 17.0 Å². The molecule has 0 bridgehead atoms. The smallest absolute Gasteiger partial charge is 0.258 e. The maximum absolute atomic E-state index is 14.1. The van der Waals surface area contributed by atoms with Gasteiger partial charge in [-0.1, -0.05) is 13.8 Å². The number of fused-ring (bicyclic) bond motifs is 1. The fourth-order valence-corrected chi connectivity index (χ4v) is 4.36. The van der Waals surface area contributed by atoms with E-state index in [9.17, 15) is 9.18 Å². The molecule has 3 aromatic rings. The second kappa shape index (κ2) is 8.09. The Labute approximate surface area is 176 Å². The molecule has 2 unspecified atom stereocenters. The van der Waals surface area contributed by atoms with E-state index in [1.165, 1.54) is 31.7 Å². The minimum atomic E-state index is -0.481. The van der Waals surface area contributed by atoms with Gasteiger partial charge in [0.05, 0.1) is 18.5 Å². The van der Waals surface area contributed by atoms with Crippen LogP contribution in [-0.4, -0.2) is 29.6 Å². The van der Waals surface area contributed by atoms with Crippen LogP contribution in [0.1, 0.15) is 33.1 Å². The molecular formula is C24H28FN3O2. The number of rotatable bonds is 4. The fourth-order valence-electron chi connectivity index (χ4n) is 4.36. The lowest BCUT2D eigenvalue weighted by Crippen LogP contribution is -2.38. The van der Waals surface area contributed by atoms with Crippen molar-refractivity contribution in [2.45, 2.75) is 39.2 Å². The van der Waals surface area contributed by atoms with Gasteiger partial charge in [-0.05, 0) is 61.4 Å². The number of methoxy groups -OCH3 is 1. The standard InChI is InChI=1S/C24H28FN3O2/c1-15-5-7-18(11-16(15)2)27(3)19-8-10-23-26-21(13-24(29)28(23)14-19)17-6-9-22(30-4)20(25)12-17/h6,8-10,12-16,18H,5,7,11H2,1-4H3/t15?,16?,18-/m1/s1. The lowest BCUT2D eigenvalue weighted by Gasteiger charge is -2.38. The Morgan fingerprint density at radius 3 is 2.63 bits per heavy atom. The van der Waals surface area contributed by atoms with Gasteiger partial charge in [-0.25, -0.2) is 9.37 Å². The van der Waals surface area contributed by atoms with E-state index in [0.717, 1.165) is 24.4 Å². The summed E-state index contributed by atoms with van der Waals surface area (Å²) in [6.45, 7) is 4.65.